The third-order valence-corrected chi connectivity index (χ3v) is 2.41. The molecule has 116 valence electrons. The van der Waals surface area contributed by atoms with Gasteiger partial charge >= 0.3 is 0 Å². The summed E-state index contributed by atoms with van der Waals surface area (Å²) in [5.74, 6) is 0.511. The van der Waals surface area contributed by atoms with Crippen molar-refractivity contribution in [3.8, 4) is 0 Å². The number of carbonyl (C=O) groups is 2. The zero-order valence-corrected chi connectivity index (χ0v) is 14.5. The molecule has 1 aromatic carbocycles. The molecule has 0 amide bonds. The number of carbonyl (C=O) groups excluding carboxylic acids is 2. The molecule has 0 fully saturated rings. The first kappa shape index (κ1) is 23.6. The zero-order valence-electron chi connectivity index (χ0n) is 14.5. The van der Waals surface area contributed by atoms with Crippen LogP contribution < -0.4 is 0 Å². The van der Waals surface area contributed by atoms with Gasteiger partial charge in [-0.15, -0.1) is 0 Å². The second-order valence-electron chi connectivity index (χ2n) is 3.80. The molecule has 1 atom stereocenters. The van der Waals surface area contributed by atoms with Crippen LogP contribution in [0.15, 0.2) is 30.3 Å². The van der Waals surface area contributed by atoms with E-state index >= 15 is 0 Å². The third kappa shape index (κ3) is 14.6. The number of Topliss-reactive ketones (excluding diaryl/α,β-unsaturated/α-hetero) is 2. The summed E-state index contributed by atoms with van der Waals surface area (Å²) in [6.45, 7) is 15.0. The van der Waals surface area contributed by atoms with Gasteiger partial charge in [0.15, 0.2) is 0 Å². The Labute approximate surface area is 125 Å². The Kier molecular flexibility index (Phi) is 20.8. The van der Waals surface area contributed by atoms with E-state index in [1.54, 1.807) is 13.8 Å². The Hall–Kier alpha value is -1.44. The van der Waals surface area contributed by atoms with Gasteiger partial charge < -0.3 is 4.79 Å². The van der Waals surface area contributed by atoms with Crippen molar-refractivity contribution in [3.63, 3.8) is 0 Å². The Balaban J connectivity index is -0.000000272. The maximum atomic E-state index is 10.9. The molecule has 0 N–H and O–H groups in total. The quantitative estimate of drug-likeness (QED) is 0.741. The van der Waals surface area contributed by atoms with Crippen LogP contribution in [-0.2, 0) is 9.59 Å². The molecule has 0 saturated heterocycles. The maximum absolute atomic E-state index is 10.9. The molecule has 1 aromatic rings. The lowest BCUT2D eigenvalue weighted by atomic mass is 9.98. The minimum absolute atomic E-state index is 0.0381. The van der Waals surface area contributed by atoms with Crippen molar-refractivity contribution in [1.29, 1.82) is 0 Å². The van der Waals surface area contributed by atoms with E-state index in [0.717, 1.165) is 5.56 Å². The standard InChI is InChI=1S/C10H12O.C4H8O.2C2H6/c1-8(9(2)11)10-6-4-3-5-7-10;1-3-4(2)5;2*1-2/h3-8H,1-2H3;3H2,1-2H3;2*1-2H3. The molecule has 0 aromatic heterocycles. The van der Waals surface area contributed by atoms with Crippen LogP contribution in [0, 0.1) is 0 Å². The normalized spacial score (nSPS) is 9.40. The Morgan fingerprint density at radius 2 is 1.30 bits per heavy atom. The van der Waals surface area contributed by atoms with E-state index in [4.69, 9.17) is 0 Å². The highest BCUT2D eigenvalue weighted by atomic mass is 16.1. The lowest BCUT2D eigenvalue weighted by Gasteiger charge is -2.05. The summed E-state index contributed by atoms with van der Waals surface area (Å²) in [5.41, 5.74) is 1.10. The molecule has 0 saturated carbocycles. The maximum Gasteiger partial charge on any atom is 0.136 e. The number of hydrogen-bond acceptors (Lipinski definition) is 2. The highest BCUT2D eigenvalue weighted by Gasteiger charge is 2.08. The summed E-state index contributed by atoms with van der Waals surface area (Å²) in [7, 11) is 0. The topological polar surface area (TPSA) is 34.1 Å². The van der Waals surface area contributed by atoms with Crippen molar-refractivity contribution in [3.05, 3.63) is 35.9 Å². The lowest BCUT2D eigenvalue weighted by Crippen LogP contribution is -2.03. The molecule has 0 radical (unpaired) electrons. The van der Waals surface area contributed by atoms with E-state index in [1.807, 2.05) is 71.9 Å². The molecule has 0 spiro atoms. The highest BCUT2D eigenvalue weighted by molar-refractivity contribution is 5.82. The fourth-order valence-electron chi connectivity index (χ4n) is 0.976. The predicted molar refractivity (Wildman–Crippen MR) is 89.2 cm³/mol. The molecule has 0 aliphatic carbocycles. The smallest absolute Gasteiger partial charge is 0.136 e. The van der Waals surface area contributed by atoms with Gasteiger partial charge in [-0.05, 0) is 19.4 Å². The number of rotatable bonds is 3. The van der Waals surface area contributed by atoms with Gasteiger partial charge in [0.1, 0.15) is 11.6 Å². The third-order valence-electron chi connectivity index (χ3n) is 2.41. The van der Waals surface area contributed by atoms with Crippen molar-refractivity contribution in [2.45, 2.75) is 67.7 Å². The van der Waals surface area contributed by atoms with Crippen LogP contribution in [0.5, 0.6) is 0 Å². The van der Waals surface area contributed by atoms with Crippen LogP contribution in [0.1, 0.15) is 73.3 Å². The Morgan fingerprint density at radius 1 is 0.950 bits per heavy atom. The predicted octanol–water partition coefficient (Wildman–Crippen LogP) is 5.42. The monoisotopic (exact) mass is 280 g/mol. The van der Waals surface area contributed by atoms with Crippen molar-refractivity contribution in [2.75, 3.05) is 0 Å². The van der Waals surface area contributed by atoms with Crippen molar-refractivity contribution in [2.24, 2.45) is 0 Å². The van der Waals surface area contributed by atoms with Gasteiger partial charge in [-0.1, -0.05) is 71.9 Å². The molecule has 0 aliphatic rings. The van der Waals surface area contributed by atoms with Crippen molar-refractivity contribution < 1.29 is 9.59 Å². The van der Waals surface area contributed by atoms with Gasteiger partial charge in [0, 0.05) is 12.3 Å². The second kappa shape index (κ2) is 17.6. The molecule has 0 heterocycles. The molecule has 0 bridgehead atoms. The van der Waals surface area contributed by atoms with Gasteiger partial charge in [0.05, 0.1) is 0 Å². The highest BCUT2D eigenvalue weighted by Crippen LogP contribution is 2.14. The van der Waals surface area contributed by atoms with Crippen LogP contribution in [0.3, 0.4) is 0 Å². The fourth-order valence-corrected chi connectivity index (χ4v) is 0.976. The molecule has 0 aliphatic heterocycles. The molecule has 1 rings (SSSR count). The summed E-state index contributed by atoms with van der Waals surface area (Å²) in [6.07, 6.45) is 0.667. The van der Waals surface area contributed by atoms with Crippen molar-refractivity contribution in [1.82, 2.24) is 0 Å². The number of ketones is 2. The van der Waals surface area contributed by atoms with E-state index in [9.17, 15) is 9.59 Å². The molecule has 2 heteroatoms. The van der Waals surface area contributed by atoms with Crippen LogP contribution in [-0.4, -0.2) is 11.6 Å². The van der Waals surface area contributed by atoms with Gasteiger partial charge in [-0.3, -0.25) is 4.79 Å². The number of benzene rings is 1. The van der Waals surface area contributed by atoms with Crippen LogP contribution >= 0.6 is 0 Å². The molecule has 2 nitrogen and oxygen atoms in total. The van der Waals surface area contributed by atoms with Crippen molar-refractivity contribution >= 4 is 11.6 Å². The Morgan fingerprint density at radius 3 is 1.55 bits per heavy atom. The average molecular weight is 280 g/mol. The second-order valence-corrected chi connectivity index (χ2v) is 3.80. The molecule has 1 unspecified atom stereocenters. The molecular weight excluding hydrogens is 248 g/mol. The summed E-state index contributed by atoms with van der Waals surface area (Å²) in [4.78, 5) is 20.8. The van der Waals surface area contributed by atoms with E-state index in [-0.39, 0.29) is 17.5 Å². The van der Waals surface area contributed by atoms with Crippen LogP contribution in [0.25, 0.3) is 0 Å². The van der Waals surface area contributed by atoms with E-state index < -0.39 is 0 Å². The minimum atomic E-state index is 0.0381. The summed E-state index contributed by atoms with van der Waals surface area (Å²) in [5, 5.41) is 0. The van der Waals surface area contributed by atoms with Crippen LogP contribution in [0.4, 0.5) is 0 Å². The van der Waals surface area contributed by atoms with E-state index in [1.165, 1.54) is 0 Å². The first-order chi connectivity index (χ1) is 9.49. The Bertz CT molecular complexity index is 329. The molecule has 20 heavy (non-hydrogen) atoms. The van der Waals surface area contributed by atoms with Gasteiger partial charge in [0.2, 0.25) is 0 Å². The minimum Gasteiger partial charge on any atom is -0.300 e. The van der Waals surface area contributed by atoms with Gasteiger partial charge in [-0.25, -0.2) is 0 Å². The first-order valence-corrected chi connectivity index (χ1v) is 7.53. The van der Waals surface area contributed by atoms with Crippen LogP contribution in [0.2, 0.25) is 0 Å². The fraction of sp³-hybridized carbons (Fsp3) is 0.556. The summed E-state index contributed by atoms with van der Waals surface area (Å²) >= 11 is 0. The van der Waals surface area contributed by atoms with Gasteiger partial charge in [-0.2, -0.15) is 0 Å². The largest absolute Gasteiger partial charge is 0.300 e. The summed E-state index contributed by atoms with van der Waals surface area (Å²) in [6, 6.07) is 9.82. The molecular formula is C18H32O2. The SMILES string of the molecule is CC.CC.CC(=O)C(C)c1ccccc1.CCC(C)=O. The number of hydrogen-bond donors (Lipinski definition) is 0. The first-order valence-electron chi connectivity index (χ1n) is 7.53. The lowest BCUT2D eigenvalue weighted by molar-refractivity contribution is -0.118. The average Bonchev–Trinajstić information content (AvgIpc) is 2.51. The van der Waals surface area contributed by atoms with E-state index in [2.05, 4.69) is 0 Å². The van der Waals surface area contributed by atoms with E-state index in [0.29, 0.717) is 6.42 Å². The zero-order chi connectivity index (χ0) is 16.6. The van der Waals surface area contributed by atoms with Gasteiger partial charge in [0.25, 0.3) is 0 Å². The summed E-state index contributed by atoms with van der Waals surface area (Å²) < 4.78 is 0.